The van der Waals surface area contributed by atoms with Crippen molar-refractivity contribution in [2.45, 2.75) is 70.8 Å². The van der Waals surface area contributed by atoms with E-state index in [9.17, 15) is 9.59 Å². The number of thiophene rings is 1. The van der Waals surface area contributed by atoms with Crippen molar-refractivity contribution in [1.82, 2.24) is 9.80 Å². The lowest BCUT2D eigenvalue weighted by Crippen LogP contribution is -2.47. The van der Waals surface area contributed by atoms with E-state index in [0.717, 1.165) is 31.2 Å². The van der Waals surface area contributed by atoms with Crippen molar-refractivity contribution in [1.29, 1.82) is 0 Å². The van der Waals surface area contributed by atoms with Gasteiger partial charge in [-0.3, -0.25) is 9.59 Å². The Hall–Kier alpha value is -2.18. The number of fused-ring (bicyclic) bond motifs is 1. The van der Waals surface area contributed by atoms with Crippen LogP contribution in [0.5, 0.6) is 0 Å². The second-order valence-corrected chi connectivity index (χ2v) is 10.1. The van der Waals surface area contributed by atoms with Crippen LogP contribution in [0.25, 0.3) is 0 Å². The second kappa shape index (κ2) is 14.3. The number of carbonyl (C=O) groups is 2. The molecule has 0 saturated heterocycles. The van der Waals surface area contributed by atoms with E-state index < -0.39 is 0 Å². The van der Waals surface area contributed by atoms with Gasteiger partial charge in [-0.1, -0.05) is 69.4 Å². The van der Waals surface area contributed by atoms with Crippen LogP contribution >= 0.6 is 11.3 Å². The average molecular weight is 485 g/mol. The molecule has 1 aromatic heterocycles. The van der Waals surface area contributed by atoms with Crippen molar-refractivity contribution >= 4 is 23.2 Å². The molecule has 2 heterocycles. The summed E-state index contributed by atoms with van der Waals surface area (Å²) in [7, 11) is 1.67. The summed E-state index contributed by atoms with van der Waals surface area (Å²) in [6.07, 6.45) is 9.00. The third kappa shape index (κ3) is 7.41. The lowest BCUT2D eigenvalue weighted by Gasteiger charge is -2.37. The van der Waals surface area contributed by atoms with E-state index in [1.807, 2.05) is 23.1 Å². The summed E-state index contributed by atoms with van der Waals surface area (Å²) in [5.74, 6) is 0.115. The van der Waals surface area contributed by atoms with Gasteiger partial charge >= 0.3 is 0 Å². The van der Waals surface area contributed by atoms with Gasteiger partial charge in [0.2, 0.25) is 11.8 Å². The zero-order valence-corrected chi connectivity index (χ0v) is 21.7. The Balaban J connectivity index is 1.67. The smallest absolute Gasteiger partial charge is 0.242 e. The molecule has 2 aromatic rings. The van der Waals surface area contributed by atoms with Gasteiger partial charge in [-0.15, -0.1) is 11.3 Å². The van der Waals surface area contributed by atoms with Crippen LogP contribution in [0.4, 0.5) is 0 Å². The van der Waals surface area contributed by atoms with E-state index in [1.54, 1.807) is 23.3 Å². The Morgan fingerprint density at radius 1 is 1.06 bits per heavy atom. The highest BCUT2D eigenvalue weighted by atomic mass is 32.1. The molecule has 2 amide bonds. The van der Waals surface area contributed by atoms with Gasteiger partial charge in [0, 0.05) is 38.1 Å². The molecule has 0 spiro atoms. The first-order valence-corrected chi connectivity index (χ1v) is 13.7. The van der Waals surface area contributed by atoms with Gasteiger partial charge in [0.1, 0.15) is 0 Å². The van der Waals surface area contributed by atoms with Crippen molar-refractivity contribution in [2.24, 2.45) is 0 Å². The van der Waals surface area contributed by atoms with E-state index in [4.69, 9.17) is 4.74 Å². The van der Waals surface area contributed by atoms with Crippen molar-refractivity contribution < 1.29 is 14.3 Å². The summed E-state index contributed by atoms with van der Waals surface area (Å²) in [6.45, 7) is 4.18. The Morgan fingerprint density at radius 3 is 2.59 bits per heavy atom. The number of hydrogen-bond donors (Lipinski definition) is 0. The van der Waals surface area contributed by atoms with Crippen LogP contribution in [0, 0.1) is 0 Å². The molecule has 186 valence electrons. The molecule has 0 radical (unpaired) electrons. The van der Waals surface area contributed by atoms with Crippen LogP contribution in [0.2, 0.25) is 0 Å². The zero-order valence-electron chi connectivity index (χ0n) is 20.8. The van der Waals surface area contributed by atoms with Crippen molar-refractivity contribution in [3.8, 4) is 0 Å². The standard InChI is InChI=1S/C28H40N2O3S/c1-3-4-5-6-7-11-15-26(31)29(18-12-20-33-2)22-27(32)30-19-16-25-24(17-21-34-25)28(30)23-13-9-8-10-14-23/h8-10,13-14,17,21,28H,3-7,11-12,15-16,18-20,22H2,1-2H3. The molecule has 1 aromatic carbocycles. The lowest BCUT2D eigenvalue weighted by atomic mass is 9.93. The molecule has 34 heavy (non-hydrogen) atoms. The Morgan fingerprint density at radius 2 is 1.82 bits per heavy atom. The molecule has 0 aliphatic carbocycles. The molecular weight excluding hydrogens is 444 g/mol. The van der Waals surface area contributed by atoms with Gasteiger partial charge in [0.15, 0.2) is 0 Å². The summed E-state index contributed by atoms with van der Waals surface area (Å²) in [5, 5.41) is 2.12. The predicted molar refractivity (Wildman–Crippen MR) is 139 cm³/mol. The maximum atomic E-state index is 13.6. The molecule has 0 bridgehead atoms. The fourth-order valence-electron chi connectivity index (χ4n) is 4.74. The highest BCUT2D eigenvalue weighted by Crippen LogP contribution is 2.37. The SMILES string of the molecule is CCCCCCCCC(=O)N(CCCOC)CC(=O)N1CCc2sccc2C1c1ccccc1. The molecular formula is C28H40N2O3S. The Bertz CT molecular complexity index is 883. The normalized spacial score (nSPS) is 15.2. The lowest BCUT2D eigenvalue weighted by molar-refractivity contribution is -0.142. The topological polar surface area (TPSA) is 49.9 Å². The number of nitrogens with zero attached hydrogens (tertiary/aromatic N) is 2. The van der Waals surface area contributed by atoms with Crippen molar-refractivity contribution in [3.05, 3.63) is 57.8 Å². The molecule has 0 N–H and O–H groups in total. The number of benzene rings is 1. The predicted octanol–water partition coefficient (Wildman–Crippen LogP) is 5.84. The number of unbranched alkanes of at least 4 members (excludes halogenated alkanes) is 5. The molecule has 1 atom stereocenters. The van der Waals surface area contributed by atoms with Crippen LogP contribution in [0.15, 0.2) is 41.8 Å². The van der Waals surface area contributed by atoms with Gasteiger partial charge in [-0.05, 0) is 41.8 Å². The summed E-state index contributed by atoms with van der Waals surface area (Å²) in [4.78, 5) is 31.8. The second-order valence-electron chi connectivity index (χ2n) is 9.13. The van der Waals surface area contributed by atoms with Gasteiger partial charge in [-0.2, -0.15) is 0 Å². The fraction of sp³-hybridized carbons (Fsp3) is 0.571. The third-order valence-electron chi connectivity index (χ3n) is 6.60. The molecule has 5 nitrogen and oxygen atoms in total. The van der Waals surface area contributed by atoms with E-state index in [-0.39, 0.29) is 24.4 Å². The number of carbonyl (C=O) groups excluding carboxylic acids is 2. The van der Waals surface area contributed by atoms with Gasteiger partial charge < -0.3 is 14.5 Å². The molecule has 0 fully saturated rings. The van der Waals surface area contributed by atoms with E-state index in [2.05, 4.69) is 30.5 Å². The van der Waals surface area contributed by atoms with Crippen LogP contribution in [-0.2, 0) is 20.7 Å². The first kappa shape index (κ1) is 26.4. The Labute approximate surface area is 209 Å². The Kier molecular flexibility index (Phi) is 11.1. The highest BCUT2D eigenvalue weighted by molar-refractivity contribution is 7.10. The quantitative estimate of drug-likeness (QED) is 0.317. The maximum Gasteiger partial charge on any atom is 0.242 e. The van der Waals surface area contributed by atoms with Crippen LogP contribution in [0.3, 0.4) is 0 Å². The number of hydrogen-bond acceptors (Lipinski definition) is 4. The van der Waals surface area contributed by atoms with Gasteiger partial charge in [0.25, 0.3) is 0 Å². The molecule has 1 unspecified atom stereocenters. The van der Waals surface area contributed by atoms with Gasteiger partial charge in [-0.25, -0.2) is 0 Å². The first-order chi connectivity index (χ1) is 16.7. The minimum Gasteiger partial charge on any atom is -0.385 e. The highest BCUT2D eigenvalue weighted by Gasteiger charge is 2.33. The molecule has 6 heteroatoms. The summed E-state index contributed by atoms with van der Waals surface area (Å²) >= 11 is 1.77. The van der Waals surface area contributed by atoms with Crippen LogP contribution in [0.1, 0.15) is 80.3 Å². The van der Waals surface area contributed by atoms with Crippen LogP contribution in [-0.4, -0.2) is 55.0 Å². The van der Waals surface area contributed by atoms with Crippen LogP contribution < -0.4 is 0 Å². The summed E-state index contributed by atoms with van der Waals surface area (Å²) in [5.41, 5.74) is 2.35. The van der Waals surface area contributed by atoms with E-state index >= 15 is 0 Å². The minimum atomic E-state index is -0.0850. The minimum absolute atomic E-state index is 0.0272. The molecule has 1 aliphatic rings. The molecule has 1 aliphatic heterocycles. The third-order valence-corrected chi connectivity index (χ3v) is 7.60. The molecule has 3 rings (SSSR count). The monoisotopic (exact) mass is 484 g/mol. The number of methoxy groups -OCH3 is 1. The number of rotatable bonds is 14. The largest absolute Gasteiger partial charge is 0.385 e. The van der Waals surface area contributed by atoms with E-state index in [1.165, 1.54) is 36.1 Å². The summed E-state index contributed by atoms with van der Waals surface area (Å²) in [6, 6.07) is 12.3. The maximum absolute atomic E-state index is 13.6. The summed E-state index contributed by atoms with van der Waals surface area (Å²) < 4.78 is 5.20. The molecule has 0 saturated carbocycles. The van der Waals surface area contributed by atoms with E-state index in [0.29, 0.717) is 26.1 Å². The fourth-order valence-corrected chi connectivity index (χ4v) is 5.64. The average Bonchev–Trinajstić information content (AvgIpc) is 3.34. The zero-order chi connectivity index (χ0) is 24.2. The number of amides is 2. The van der Waals surface area contributed by atoms with Gasteiger partial charge in [0.05, 0.1) is 12.6 Å². The van der Waals surface area contributed by atoms with Crippen molar-refractivity contribution in [3.63, 3.8) is 0 Å². The van der Waals surface area contributed by atoms with Crippen molar-refractivity contribution in [2.75, 3.05) is 33.4 Å². The first-order valence-electron chi connectivity index (χ1n) is 12.8. The number of ether oxygens (including phenoxy) is 1.